The topological polar surface area (TPSA) is 58.1 Å². The number of aliphatic imine (C=N–C) groups is 1. The molecule has 2 aliphatic heterocycles. The van der Waals surface area contributed by atoms with Gasteiger partial charge in [-0.3, -0.25) is 9.89 Å². The van der Waals surface area contributed by atoms with E-state index in [1.54, 1.807) is 0 Å². The standard InChI is InChI=1S/C23H38N4O2/c1-4-24-23(25-16-19(3)27-11-14-28-15-12-27)26-17-21-6-5-13-29-22(21)20-9-7-18(2)8-10-20/h7-10,19,21-22H,4-6,11-17H2,1-3H3,(H2,24,25,26). The first kappa shape index (κ1) is 22.1. The van der Waals surface area contributed by atoms with Gasteiger partial charge in [-0.15, -0.1) is 0 Å². The zero-order chi connectivity index (χ0) is 20.5. The fraction of sp³-hybridized carbons (Fsp3) is 0.696. The first-order valence-electron chi connectivity index (χ1n) is 11.2. The summed E-state index contributed by atoms with van der Waals surface area (Å²) in [5.41, 5.74) is 2.57. The molecule has 1 aromatic rings. The normalized spacial score (nSPS) is 24.9. The lowest BCUT2D eigenvalue weighted by Crippen LogP contribution is -2.45. The number of hydrogen-bond acceptors (Lipinski definition) is 4. The third-order valence-electron chi connectivity index (χ3n) is 5.91. The Morgan fingerprint density at radius 1 is 1.17 bits per heavy atom. The molecule has 2 fully saturated rings. The predicted molar refractivity (Wildman–Crippen MR) is 118 cm³/mol. The number of ether oxygens (including phenoxy) is 2. The molecule has 0 bridgehead atoms. The summed E-state index contributed by atoms with van der Waals surface area (Å²) in [7, 11) is 0. The molecule has 2 N–H and O–H groups in total. The lowest BCUT2D eigenvalue weighted by Gasteiger charge is -2.33. The Bertz CT molecular complexity index is 628. The van der Waals surface area contributed by atoms with Crippen molar-refractivity contribution in [2.75, 3.05) is 52.5 Å². The minimum atomic E-state index is 0.159. The van der Waals surface area contributed by atoms with Gasteiger partial charge in [-0.25, -0.2) is 0 Å². The highest BCUT2D eigenvalue weighted by atomic mass is 16.5. The molecule has 0 aromatic heterocycles. The van der Waals surface area contributed by atoms with Crippen LogP contribution in [0.5, 0.6) is 0 Å². The first-order valence-corrected chi connectivity index (χ1v) is 11.2. The SMILES string of the molecule is CCNC(=NCC(C)N1CCOCC1)NCC1CCCOC1c1ccc(C)cc1. The molecule has 6 nitrogen and oxygen atoms in total. The molecule has 29 heavy (non-hydrogen) atoms. The third-order valence-corrected chi connectivity index (χ3v) is 5.91. The smallest absolute Gasteiger partial charge is 0.191 e. The van der Waals surface area contributed by atoms with Gasteiger partial charge in [0.2, 0.25) is 0 Å². The number of rotatable bonds is 7. The zero-order valence-electron chi connectivity index (χ0n) is 18.3. The van der Waals surface area contributed by atoms with Crippen LogP contribution in [-0.2, 0) is 9.47 Å². The molecule has 162 valence electrons. The predicted octanol–water partition coefficient (Wildman–Crippen LogP) is 2.74. The van der Waals surface area contributed by atoms with E-state index in [0.717, 1.165) is 64.9 Å². The molecule has 6 heteroatoms. The minimum absolute atomic E-state index is 0.159. The van der Waals surface area contributed by atoms with Crippen molar-refractivity contribution < 1.29 is 9.47 Å². The average Bonchev–Trinajstić information content (AvgIpc) is 2.77. The molecule has 0 saturated carbocycles. The molecule has 0 amide bonds. The summed E-state index contributed by atoms with van der Waals surface area (Å²) in [6, 6.07) is 9.20. The Morgan fingerprint density at radius 3 is 2.66 bits per heavy atom. The number of aryl methyl sites for hydroxylation is 1. The van der Waals surface area contributed by atoms with Crippen LogP contribution in [0.4, 0.5) is 0 Å². The van der Waals surface area contributed by atoms with E-state index >= 15 is 0 Å². The summed E-state index contributed by atoms with van der Waals surface area (Å²) in [5, 5.41) is 6.97. The lowest BCUT2D eigenvalue weighted by atomic mass is 9.89. The molecule has 3 atom stereocenters. The molecule has 1 aromatic carbocycles. The van der Waals surface area contributed by atoms with Gasteiger partial charge in [-0.05, 0) is 39.2 Å². The second-order valence-electron chi connectivity index (χ2n) is 8.20. The van der Waals surface area contributed by atoms with Crippen LogP contribution in [0.2, 0.25) is 0 Å². The highest BCUT2D eigenvalue weighted by Crippen LogP contribution is 2.33. The van der Waals surface area contributed by atoms with Crippen molar-refractivity contribution in [1.29, 1.82) is 0 Å². The highest BCUT2D eigenvalue weighted by molar-refractivity contribution is 5.79. The number of nitrogens with one attached hydrogen (secondary N) is 2. The molecular weight excluding hydrogens is 364 g/mol. The van der Waals surface area contributed by atoms with Crippen molar-refractivity contribution in [2.45, 2.75) is 45.8 Å². The lowest BCUT2D eigenvalue weighted by molar-refractivity contribution is -0.0265. The van der Waals surface area contributed by atoms with Gasteiger partial charge in [0.05, 0.1) is 25.9 Å². The molecule has 0 radical (unpaired) electrons. The molecule has 3 rings (SSSR count). The molecule has 0 spiro atoms. The first-order chi connectivity index (χ1) is 14.2. The summed E-state index contributed by atoms with van der Waals surface area (Å²) in [6.07, 6.45) is 2.46. The maximum absolute atomic E-state index is 6.17. The summed E-state index contributed by atoms with van der Waals surface area (Å²) < 4.78 is 11.6. The van der Waals surface area contributed by atoms with Gasteiger partial charge < -0.3 is 20.1 Å². The number of hydrogen-bond donors (Lipinski definition) is 2. The van der Waals surface area contributed by atoms with Crippen molar-refractivity contribution in [3.8, 4) is 0 Å². The maximum Gasteiger partial charge on any atom is 0.191 e. The Labute approximate surface area is 176 Å². The van der Waals surface area contributed by atoms with E-state index in [4.69, 9.17) is 14.5 Å². The number of guanidine groups is 1. The highest BCUT2D eigenvalue weighted by Gasteiger charge is 2.27. The molecule has 3 unspecified atom stereocenters. The van der Waals surface area contributed by atoms with Gasteiger partial charge in [-0.2, -0.15) is 0 Å². The monoisotopic (exact) mass is 402 g/mol. The molecule has 2 heterocycles. The molecular formula is C23H38N4O2. The van der Waals surface area contributed by atoms with Crippen LogP contribution in [0.15, 0.2) is 29.3 Å². The van der Waals surface area contributed by atoms with Crippen LogP contribution < -0.4 is 10.6 Å². The van der Waals surface area contributed by atoms with Crippen LogP contribution in [-0.4, -0.2) is 69.4 Å². The summed E-state index contributed by atoms with van der Waals surface area (Å²) in [6.45, 7) is 13.5. The summed E-state index contributed by atoms with van der Waals surface area (Å²) in [4.78, 5) is 7.31. The Hall–Kier alpha value is -1.63. The summed E-state index contributed by atoms with van der Waals surface area (Å²) in [5.74, 6) is 1.35. The van der Waals surface area contributed by atoms with E-state index in [2.05, 4.69) is 60.6 Å². The maximum atomic E-state index is 6.17. The second-order valence-corrected chi connectivity index (χ2v) is 8.20. The number of nitrogens with zero attached hydrogens (tertiary/aromatic N) is 2. The Balaban J connectivity index is 1.56. The van der Waals surface area contributed by atoms with Crippen molar-refractivity contribution in [2.24, 2.45) is 10.9 Å². The van der Waals surface area contributed by atoms with Crippen LogP contribution in [0.3, 0.4) is 0 Å². The Morgan fingerprint density at radius 2 is 1.93 bits per heavy atom. The quantitative estimate of drug-likeness (QED) is 0.543. The van der Waals surface area contributed by atoms with E-state index in [9.17, 15) is 0 Å². The van der Waals surface area contributed by atoms with Gasteiger partial charge in [0.25, 0.3) is 0 Å². The van der Waals surface area contributed by atoms with Crippen LogP contribution >= 0.6 is 0 Å². The van der Waals surface area contributed by atoms with Crippen molar-refractivity contribution >= 4 is 5.96 Å². The van der Waals surface area contributed by atoms with Crippen LogP contribution in [0.1, 0.15) is 43.9 Å². The summed E-state index contributed by atoms with van der Waals surface area (Å²) >= 11 is 0. The average molecular weight is 403 g/mol. The van der Waals surface area contributed by atoms with E-state index < -0.39 is 0 Å². The second kappa shape index (κ2) is 11.5. The van der Waals surface area contributed by atoms with E-state index in [1.807, 2.05) is 0 Å². The zero-order valence-corrected chi connectivity index (χ0v) is 18.3. The molecule has 2 saturated heterocycles. The van der Waals surface area contributed by atoms with Crippen molar-refractivity contribution in [1.82, 2.24) is 15.5 Å². The van der Waals surface area contributed by atoms with Gasteiger partial charge in [0.1, 0.15) is 0 Å². The fourth-order valence-corrected chi connectivity index (χ4v) is 4.10. The van der Waals surface area contributed by atoms with Crippen LogP contribution in [0, 0.1) is 12.8 Å². The van der Waals surface area contributed by atoms with Gasteiger partial charge >= 0.3 is 0 Å². The van der Waals surface area contributed by atoms with E-state index in [-0.39, 0.29) is 6.10 Å². The van der Waals surface area contributed by atoms with Gasteiger partial charge in [-0.1, -0.05) is 29.8 Å². The number of morpholine rings is 1. The van der Waals surface area contributed by atoms with E-state index in [1.165, 1.54) is 17.5 Å². The molecule has 2 aliphatic rings. The van der Waals surface area contributed by atoms with Crippen LogP contribution in [0.25, 0.3) is 0 Å². The van der Waals surface area contributed by atoms with Gasteiger partial charge in [0.15, 0.2) is 5.96 Å². The Kier molecular flexibility index (Phi) is 8.77. The number of benzene rings is 1. The molecule has 0 aliphatic carbocycles. The fourth-order valence-electron chi connectivity index (χ4n) is 4.10. The largest absolute Gasteiger partial charge is 0.379 e. The third kappa shape index (κ3) is 6.69. The minimum Gasteiger partial charge on any atom is -0.379 e. The van der Waals surface area contributed by atoms with E-state index in [0.29, 0.717) is 12.0 Å². The van der Waals surface area contributed by atoms with Crippen molar-refractivity contribution in [3.05, 3.63) is 35.4 Å². The van der Waals surface area contributed by atoms with Crippen molar-refractivity contribution in [3.63, 3.8) is 0 Å². The van der Waals surface area contributed by atoms with Gasteiger partial charge in [0, 0.05) is 44.7 Å².